The summed E-state index contributed by atoms with van der Waals surface area (Å²) in [7, 11) is 0. The minimum absolute atomic E-state index is 0.120. The van der Waals surface area contributed by atoms with E-state index in [1.165, 1.54) is 0 Å². The highest BCUT2D eigenvalue weighted by molar-refractivity contribution is 5.99. The van der Waals surface area contributed by atoms with Crippen LogP contribution in [0.5, 0.6) is 0 Å². The van der Waals surface area contributed by atoms with Crippen LogP contribution in [-0.4, -0.2) is 22.9 Å². The molecule has 1 aromatic carbocycles. The molecule has 1 heterocycles. The largest absolute Gasteiger partial charge is 0.319 e. The maximum atomic E-state index is 13.1. The van der Waals surface area contributed by atoms with Gasteiger partial charge in [-0.25, -0.2) is 4.39 Å². The Morgan fingerprint density at radius 2 is 2.32 bits per heavy atom. The SMILES string of the molecule is CC1(C(=O)Nc2cc(F)ccc2[N+](=O)[O-])CCCN1. The third-order valence-electron chi connectivity index (χ3n) is 3.27. The lowest BCUT2D eigenvalue weighted by Gasteiger charge is -2.22. The normalized spacial score (nSPS) is 22.2. The average Bonchev–Trinajstić information content (AvgIpc) is 2.77. The summed E-state index contributed by atoms with van der Waals surface area (Å²) in [5, 5.41) is 16.3. The molecule has 102 valence electrons. The first-order valence-corrected chi connectivity index (χ1v) is 5.93. The van der Waals surface area contributed by atoms with Crippen LogP contribution in [0.1, 0.15) is 19.8 Å². The quantitative estimate of drug-likeness (QED) is 0.646. The van der Waals surface area contributed by atoms with Crippen molar-refractivity contribution in [2.75, 3.05) is 11.9 Å². The van der Waals surface area contributed by atoms with E-state index < -0.39 is 22.2 Å². The molecule has 6 nitrogen and oxygen atoms in total. The lowest BCUT2D eigenvalue weighted by atomic mass is 9.99. The molecule has 0 bridgehead atoms. The standard InChI is InChI=1S/C12H14FN3O3/c1-12(5-2-6-14-12)11(17)15-9-7-8(13)3-4-10(9)16(18)19/h3-4,7,14H,2,5-6H2,1H3,(H,15,17). The number of halogens is 1. The molecule has 1 aliphatic rings. The molecule has 2 rings (SSSR count). The number of amides is 1. The fourth-order valence-electron chi connectivity index (χ4n) is 2.12. The summed E-state index contributed by atoms with van der Waals surface area (Å²) in [4.78, 5) is 22.3. The maximum absolute atomic E-state index is 13.1. The average molecular weight is 267 g/mol. The van der Waals surface area contributed by atoms with Gasteiger partial charge in [-0.1, -0.05) is 0 Å². The topological polar surface area (TPSA) is 84.3 Å². The maximum Gasteiger partial charge on any atom is 0.292 e. The number of nitrogens with one attached hydrogen (secondary N) is 2. The zero-order valence-corrected chi connectivity index (χ0v) is 10.4. The summed E-state index contributed by atoms with van der Waals surface area (Å²) in [5.74, 6) is -1.02. The first-order valence-electron chi connectivity index (χ1n) is 5.93. The molecule has 2 N–H and O–H groups in total. The van der Waals surface area contributed by atoms with E-state index in [4.69, 9.17) is 0 Å². The molecule has 1 amide bonds. The molecule has 0 radical (unpaired) electrons. The lowest BCUT2D eigenvalue weighted by Crippen LogP contribution is -2.48. The summed E-state index contributed by atoms with van der Waals surface area (Å²) in [6, 6.07) is 2.98. The Hall–Kier alpha value is -2.02. The van der Waals surface area contributed by atoms with Gasteiger partial charge in [0.15, 0.2) is 0 Å². The van der Waals surface area contributed by atoms with Gasteiger partial charge < -0.3 is 10.6 Å². The molecule has 1 unspecified atom stereocenters. The summed E-state index contributed by atoms with van der Waals surface area (Å²) in [6.07, 6.45) is 1.50. The van der Waals surface area contributed by atoms with E-state index in [0.717, 1.165) is 31.2 Å². The van der Waals surface area contributed by atoms with Crippen LogP contribution in [0.2, 0.25) is 0 Å². The first-order chi connectivity index (χ1) is 8.92. The van der Waals surface area contributed by atoms with Crippen LogP contribution in [0.25, 0.3) is 0 Å². The zero-order chi connectivity index (χ0) is 14.0. The molecule has 1 atom stereocenters. The summed E-state index contributed by atoms with van der Waals surface area (Å²) >= 11 is 0. The van der Waals surface area contributed by atoms with Gasteiger partial charge in [0, 0.05) is 12.1 Å². The van der Waals surface area contributed by atoms with Gasteiger partial charge in [0.05, 0.1) is 10.5 Å². The van der Waals surface area contributed by atoms with E-state index in [0.29, 0.717) is 6.42 Å². The second kappa shape index (κ2) is 4.93. The third kappa shape index (κ3) is 2.70. The van der Waals surface area contributed by atoms with Crippen LogP contribution >= 0.6 is 0 Å². The van der Waals surface area contributed by atoms with Crippen LogP contribution in [0.3, 0.4) is 0 Å². The van der Waals surface area contributed by atoms with Gasteiger partial charge in [0.25, 0.3) is 5.69 Å². The summed E-state index contributed by atoms with van der Waals surface area (Å²) in [5.41, 5.74) is -1.21. The molecule has 1 aliphatic heterocycles. The Morgan fingerprint density at radius 1 is 1.58 bits per heavy atom. The van der Waals surface area contributed by atoms with Crippen LogP contribution in [0.4, 0.5) is 15.8 Å². The van der Waals surface area contributed by atoms with Crippen molar-refractivity contribution in [2.45, 2.75) is 25.3 Å². The van der Waals surface area contributed by atoms with Gasteiger partial charge in [0.2, 0.25) is 5.91 Å². The second-order valence-corrected chi connectivity index (χ2v) is 4.74. The molecule has 0 aliphatic carbocycles. The predicted molar refractivity (Wildman–Crippen MR) is 67.3 cm³/mol. The summed E-state index contributed by atoms with van der Waals surface area (Å²) in [6.45, 7) is 2.44. The van der Waals surface area contributed by atoms with E-state index >= 15 is 0 Å². The van der Waals surface area contributed by atoms with E-state index in [9.17, 15) is 19.3 Å². The van der Waals surface area contributed by atoms with Crippen LogP contribution in [0.15, 0.2) is 18.2 Å². The second-order valence-electron chi connectivity index (χ2n) is 4.74. The molecule has 1 saturated heterocycles. The molecule has 1 fully saturated rings. The Bertz CT molecular complexity index is 527. The number of nitrogens with zero attached hydrogens (tertiary/aromatic N) is 1. The van der Waals surface area contributed by atoms with Gasteiger partial charge in [-0.2, -0.15) is 0 Å². The number of nitro benzene ring substituents is 1. The fraction of sp³-hybridized carbons (Fsp3) is 0.417. The third-order valence-corrected chi connectivity index (χ3v) is 3.27. The minimum Gasteiger partial charge on any atom is -0.319 e. The van der Waals surface area contributed by atoms with Crippen molar-refractivity contribution in [1.82, 2.24) is 5.32 Å². The molecule has 0 spiro atoms. The predicted octanol–water partition coefficient (Wildman–Crippen LogP) is 1.81. The van der Waals surface area contributed by atoms with Crippen molar-refractivity contribution in [2.24, 2.45) is 0 Å². The molecular weight excluding hydrogens is 253 g/mol. The van der Waals surface area contributed by atoms with E-state index in [2.05, 4.69) is 10.6 Å². The number of carbonyl (C=O) groups is 1. The van der Waals surface area contributed by atoms with Crippen molar-refractivity contribution < 1.29 is 14.1 Å². The van der Waals surface area contributed by atoms with Crippen molar-refractivity contribution in [3.63, 3.8) is 0 Å². The number of nitro groups is 1. The number of benzene rings is 1. The molecule has 7 heteroatoms. The van der Waals surface area contributed by atoms with E-state index in [-0.39, 0.29) is 11.4 Å². The smallest absolute Gasteiger partial charge is 0.292 e. The van der Waals surface area contributed by atoms with E-state index in [1.54, 1.807) is 6.92 Å². The van der Waals surface area contributed by atoms with Gasteiger partial charge in [-0.05, 0) is 32.4 Å². The minimum atomic E-state index is -0.764. The molecule has 19 heavy (non-hydrogen) atoms. The fourth-order valence-corrected chi connectivity index (χ4v) is 2.12. The number of anilines is 1. The zero-order valence-electron chi connectivity index (χ0n) is 10.4. The Balaban J connectivity index is 2.25. The molecular formula is C12H14FN3O3. The highest BCUT2D eigenvalue weighted by Gasteiger charge is 2.36. The Labute approximate surface area is 109 Å². The Kier molecular flexibility index (Phi) is 3.48. The van der Waals surface area contributed by atoms with Crippen molar-refractivity contribution in [3.05, 3.63) is 34.1 Å². The highest BCUT2D eigenvalue weighted by atomic mass is 19.1. The van der Waals surface area contributed by atoms with Gasteiger partial charge in [-0.3, -0.25) is 14.9 Å². The molecule has 1 aromatic rings. The first kappa shape index (κ1) is 13.4. The van der Waals surface area contributed by atoms with Gasteiger partial charge in [-0.15, -0.1) is 0 Å². The Morgan fingerprint density at radius 3 is 2.89 bits per heavy atom. The number of hydrogen-bond acceptors (Lipinski definition) is 4. The van der Waals surface area contributed by atoms with Crippen LogP contribution < -0.4 is 10.6 Å². The van der Waals surface area contributed by atoms with Gasteiger partial charge >= 0.3 is 0 Å². The van der Waals surface area contributed by atoms with Crippen LogP contribution in [-0.2, 0) is 4.79 Å². The van der Waals surface area contributed by atoms with E-state index in [1.807, 2.05) is 0 Å². The number of carbonyl (C=O) groups excluding carboxylic acids is 1. The van der Waals surface area contributed by atoms with Crippen LogP contribution in [0, 0.1) is 15.9 Å². The monoisotopic (exact) mass is 267 g/mol. The number of hydrogen-bond donors (Lipinski definition) is 2. The summed E-state index contributed by atoms with van der Waals surface area (Å²) < 4.78 is 13.1. The van der Waals surface area contributed by atoms with Crippen molar-refractivity contribution in [3.8, 4) is 0 Å². The molecule has 0 aromatic heterocycles. The number of rotatable bonds is 3. The van der Waals surface area contributed by atoms with Gasteiger partial charge in [0.1, 0.15) is 11.5 Å². The van der Waals surface area contributed by atoms with Crippen molar-refractivity contribution >= 4 is 17.3 Å². The van der Waals surface area contributed by atoms with Crippen molar-refractivity contribution in [1.29, 1.82) is 0 Å². The lowest BCUT2D eigenvalue weighted by molar-refractivity contribution is -0.384. The molecule has 0 saturated carbocycles. The highest BCUT2D eigenvalue weighted by Crippen LogP contribution is 2.27.